The number of nitrogens with two attached hydrogens (primary N) is 2. The van der Waals surface area contributed by atoms with Crippen LogP contribution >= 0.6 is 0 Å². The number of nitrogens with zero attached hydrogens (tertiary/aromatic N) is 6. The summed E-state index contributed by atoms with van der Waals surface area (Å²) < 4.78 is 0. The molecule has 0 aliphatic carbocycles. The molecule has 2 fully saturated rings. The van der Waals surface area contributed by atoms with Crippen LogP contribution in [0.25, 0.3) is 21.8 Å². The van der Waals surface area contributed by atoms with Gasteiger partial charge >= 0.3 is 0 Å². The molecule has 124 heavy (non-hydrogen) atoms. The molecule has 39 nitrogen and oxygen atoms in total. The van der Waals surface area contributed by atoms with E-state index in [9.17, 15) is 77.0 Å². The van der Waals surface area contributed by atoms with Crippen LogP contribution in [-0.4, -0.2) is 283 Å². The van der Waals surface area contributed by atoms with Crippen LogP contribution in [0.2, 0.25) is 0 Å². The fourth-order valence-corrected chi connectivity index (χ4v) is 15.1. The maximum absolute atomic E-state index is 15.6. The van der Waals surface area contributed by atoms with Crippen LogP contribution < -0.4 is 64.6 Å². The fraction of sp³-hybridized carbons (Fsp3) is 0.506. The highest BCUT2D eigenvalue weighted by molar-refractivity contribution is 6.02. The first-order chi connectivity index (χ1) is 59.0. The van der Waals surface area contributed by atoms with Gasteiger partial charge in [0.25, 0.3) is 0 Å². The number of likely N-dealkylation sites (N-methyl/N-ethyl adjacent to an activating group) is 4. The van der Waals surface area contributed by atoms with Crippen molar-refractivity contribution in [2.45, 2.75) is 216 Å². The number of fused-ring (bicyclic) bond motifs is 3. The highest BCUT2D eigenvalue weighted by atomic mass is 16.3. The van der Waals surface area contributed by atoms with Gasteiger partial charge in [0.15, 0.2) is 0 Å². The van der Waals surface area contributed by atoms with Crippen LogP contribution in [-0.2, 0) is 107 Å². The molecule has 2 aliphatic rings. The zero-order valence-electron chi connectivity index (χ0n) is 71.6. The van der Waals surface area contributed by atoms with Crippen molar-refractivity contribution < 1.29 is 86.6 Å². The molecule has 670 valence electrons. The number of aliphatic hydroxyl groups excluding tert-OH is 1. The van der Waals surface area contributed by atoms with Crippen molar-refractivity contribution in [3.63, 3.8) is 0 Å². The number of H-pyrrole nitrogens is 3. The van der Waals surface area contributed by atoms with Crippen molar-refractivity contribution in [2.24, 2.45) is 17.4 Å². The minimum atomic E-state index is -1.86. The lowest BCUT2D eigenvalue weighted by atomic mass is 10.00. The number of imidazole rings is 1. The number of unbranched alkanes of at least 4 members (excludes halogenated alkanes) is 2. The summed E-state index contributed by atoms with van der Waals surface area (Å²) in [4.78, 5) is 265. The van der Waals surface area contributed by atoms with Crippen molar-refractivity contribution in [1.29, 1.82) is 0 Å². The number of carbonyl (C=O) groups excluding carboxylic acids is 17. The minimum absolute atomic E-state index is 0.00973. The number of rotatable bonds is 22. The SMILES string of the molecule is CCCC[C@H]1C(=O)N(C)[C@@H](CCCC)C(=O)N[C@@H](C)C(=O)N[C@H](C(=O)NCC(N)=O)CC(=O)N[C@@H](Cc2ccccc2)C(=O)N(C)[C@@H](C)C(=O)N[C@@H](CC(N)=O)C(=O)N2CCC[C@H]2C(=O)NC(Cc2cnc[nH]2)C(=O)N[C@@H](CC(C)C)C(=O)N(C)CC(=O)N[C@@H](Cc2c[nH]c3ccccc23)C(=O)N[C@@H](CO)C(=O)N[C@@H](Cc2c[nH]c3ccccc23)C(=O)N1C. The molecule has 18 N–H and O–H groups in total. The van der Waals surface area contributed by atoms with Gasteiger partial charge in [-0.25, -0.2) is 4.98 Å². The van der Waals surface area contributed by atoms with E-state index in [-0.39, 0.29) is 70.3 Å². The van der Waals surface area contributed by atoms with E-state index >= 15 is 9.59 Å². The summed E-state index contributed by atoms with van der Waals surface area (Å²) in [5, 5.41) is 38.3. The fourth-order valence-electron chi connectivity index (χ4n) is 15.1. The molecule has 3 aromatic heterocycles. The molecular weight excluding hydrogens is 1600 g/mol. The molecule has 0 bridgehead atoms. The summed E-state index contributed by atoms with van der Waals surface area (Å²) in [6.07, 6.45) is 5.22. The van der Waals surface area contributed by atoms with Gasteiger partial charge in [-0.2, -0.15) is 0 Å². The molecule has 0 saturated carbocycles. The molecule has 13 atom stereocenters. The summed E-state index contributed by atoms with van der Waals surface area (Å²) in [6, 6.07) is 2.38. The Labute approximate surface area is 717 Å². The topological polar surface area (TPSA) is 559 Å². The number of para-hydroxylation sites is 2. The molecule has 2 saturated heterocycles. The van der Waals surface area contributed by atoms with Crippen LogP contribution in [0, 0.1) is 5.92 Å². The average Bonchev–Trinajstić information content (AvgIpc) is 1.63. The quantitative estimate of drug-likeness (QED) is 0.0359. The van der Waals surface area contributed by atoms with Crippen LogP contribution in [0.5, 0.6) is 0 Å². The van der Waals surface area contributed by atoms with Crippen LogP contribution in [0.4, 0.5) is 0 Å². The molecule has 2 aliphatic heterocycles. The monoisotopic (exact) mass is 1720 g/mol. The summed E-state index contributed by atoms with van der Waals surface area (Å²) in [7, 11) is 5.20. The predicted octanol–water partition coefficient (Wildman–Crippen LogP) is -1.72. The van der Waals surface area contributed by atoms with Gasteiger partial charge in [-0.3, -0.25) is 81.5 Å². The Morgan fingerprint density at radius 2 is 1.06 bits per heavy atom. The van der Waals surface area contributed by atoms with Gasteiger partial charge in [0.1, 0.15) is 78.5 Å². The lowest BCUT2D eigenvalue weighted by Crippen LogP contribution is -2.61. The van der Waals surface area contributed by atoms with Crippen molar-refractivity contribution in [1.82, 2.24) is 97.6 Å². The average molecular weight is 1720 g/mol. The lowest BCUT2D eigenvalue weighted by Gasteiger charge is -2.36. The third-order valence-electron chi connectivity index (χ3n) is 22.1. The molecule has 0 radical (unpaired) electrons. The number of aromatic nitrogens is 4. The third-order valence-corrected chi connectivity index (χ3v) is 22.1. The normalized spacial score (nSPS) is 24.1. The largest absolute Gasteiger partial charge is 0.394 e. The molecule has 0 spiro atoms. The highest BCUT2D eigenvalue weighted by Crippen LogP contribution is 2.26. The zero-order valence-corrected chi connectivity index (χ0v) is 71.6. The van der Waals surface area contributed by atoms with Crippen molar-refractivity contribution >= 4 is 122 Å². The summed E-state index contributed by atoms with van der Waals surface area (Å²) in [6.45, 7) is 7.10. The number of primary amides is 2. The number of benzene rings is 3. The number of nitrogens with one attached hydrogen (secondary N) is 13. The first kappa shape index (κ1) is 96.4. The van der Waals surface area contributed by atoms with E-state index in [1.807, 2.05) is 13.8 Å². The zero-order chi connectivity index (χ0) is 90.8. The standard InChI is InChI=1S/C85H117N21O18/c1-11-13-29-66-79(118)93-48(5)73(112)96-60(75(114)91-43-70(87)109)39-71(110)95-62(34-50-23-16-15-17-24-50)82(121)103(8)49(6)74(113)98-64(38-69(86)108)84(123)106-32-22-31-67(106)80(119)97-59(37-53-42-88-46-92-53)77(116)99-61(33-47(3)4)81(120)102(7)44-72(111)94-58(35-51-40-89-56-27-20-18-25-54(51)56)76(115)101-65(45-107)78(117)100-63(36-52-41-90-57-28-21-19-26-55(52)57)83(122)105(10)68(30-14-12-2)85(124)104(66)9/h15-21,23-28,40-42,46-49,58-68,89-90,107H,11-14,22,29-39,43-45H2,1-10H3,(H2,86,108)(H2,87,109)(H,88,92)(H,91,114)(H,93,118)(H,94,111)(H,95,110)(H,96,112)(H,97,119)(H,98,113)(H,99,116)(H,100,117)(H,101,115)/t48-,49-,58-,59?,60-,61-,62-,63-,64-,65-,66-,67-,68-/m0/s1. The smallest absolute Gasteiger partial charge is 0.246 e. The number of carbonyl (C=O) groups is 17. The molecule has 8 rings (SSSR count). The first-order valence-corrected chi connectivity index (χ1v) is 41.7. The van der Waals surface area contributed by atoms with Gasteiger partial charge in [-0.05, 0) is 80.7 Å². The van der Waals surface area contributed by atoms with E-state index in [1.165, 1.54) is 54.6 Å². The molecular formula is C85H117N21O18. The van der Waals surface area contributed by atoms with Crippen molar-refractivity contribution in [2.75, 3.05) is 54.4 Å². The Bertz CT molecular complexity index is 4800. The Morgan fingerprint density at radius 1 is 0.524 bits per heavy atom. The van der Waals surface area contributed by atoms with Crippen LogP contribution in [0.3, 0.4) is 0 Å². The van der Waals surface area contributed by atoms with E-state index in [0.29, 0.717) is 69.9 Å². The number of aliphatic hydroxyl groups is 1. The Hall–Kier alpha value is -13.1. The maximum Gasteiger partial charge on any atom is 0.246 e. The Kier molecular flexibility index (Phi) is 35.5. The molecule has 5 heterocycles. The summed E-state index contributed by atoms with van der Waals surface area (Å²) in [5.41, 5.74) is 14.3. The second kappa shape index (κ2) is 45.7. The second-order valence-electron chi connectivity index (χ2n) is 32.0. The third kappa shape index (κ3) is 26.5. The Morgan fingerprint density at radius 3 is 1.65 bits per heavy atom. The summed E-state index contributed by atoms with van der Waals surface area (Å²) in [5.74, 6) is -16.4. The molecule has 17 amide bonds. The number of aromatic amines is 3. The molecule has 39 heteroatoms. The summed E-state index contributed by atoms with van der Waals surface area (Å²) >= 11 is 0. The predicted molar refractivity (Wildman–Crippen MR) is 453 cm³/mol. The molecule has 1 unspecified atom stereocenters. The lowest BCUT2D eigenvalue weighted by molar-refractivity contribution is -0.149. The maximum atomic E-state index is 15.6. The second-order valence-corrected chi connectivity index (χ2v) is 32.0. The number of hydrogen-bond acceptors (Lipinski definition) is 19. The number of hydrogen-bond donors (Lipinski definition) is 16. The van der Waals surface area contributed by atoms with E-state index in [2.05, 4.69) is 73.1 Å². The number of amides is 17. The van der Waals surface area contributed by atoms with E-state index in [1.54, 1.807) is 105 Å². The van der Waals surface area contributed by atoms with Crippen molar-refractivity contribution in [3.05, 3.63) is 126 Å². The first-order valence-electron chi connectivity index (χ1n) is 41.7. The van der Waals surface area contributed by atoms with E-state index in [0.717, 1.165) is 24.5 Å². The van der Waals surface area contributed by atoms with Gasteiger partial charge in [0.05, 0.1) is 38.9 Å². The molecule has 3 aromatic carbocycles. The molecule has 6 aromatic rings. The van der Waals surface area contributed by atoms with Crippen LogP contribution in [0.15, 0.2) is 104 Å². The van der Waals surface area contributed by atoms with Gasteiger partial charge in [0, 0.05) is 107 Å². The highest BCUT2D eigenvalue weighted by Gasteiger charge is 2.44. The van der Waals surface area contributed by atoms with E-state index < -0.39 is 212 Å². The van der Waals surface area contributed by atoms with Crippen molar-refractivity contribution in [3.8, 4) is 0 Å². The van der Waals surface area contributed by atoms with Gasteiger partial charge < -0.3 is 109 Å². The van der Waals surface area contributed by atoms with Gasteiger partial charge in [0.2, 0.25) is 100 Å². The van der Waals surface area contributed by atoms with Gasteiger partial charge in [-0.15, -0.1) is 0 Å². The Balaban J connectivity index is 1.17. The van der Waals surface area contributed by atoms with Crippen LogP contribution in [0.1, 0.15) is 135 Å². The minimum Gasteiger partial charge on any atom is -0.394 e. The van der Waals surface area contributed by atoms with Gasteiger partial charge in [-0.1, -0.05) is 120 Å². The van der Waals surface area contributed by atoms with E-state index in [4.69, 9.17) is 11.5 Å².